The summed E-state index contributed by atoms with van der Waals surface area (Å²) in [5, 5.41) is 0. The van der Waals surface area contributed by atoms with Crippen LogP contribution in [0.25, 0.3) is 16.9 Å². The predicted octanol–water partition coefficient (Wildman–Crippen LogP) is 4.99. The van der Waals surface area contributed by atoms with Gasteiger partial charge in [0.05, 0.1) is 5.88 Å². The van der Waals surface area contributed by atoms with Gasteiger partial charge in [-0.15, -0.1) is 11.6 Å². The summed E-state index contributed by atoms with van der Waals surface area (Å²) in [4.78, 5) is 9.01. The lowest BCUT2D eigenvalue weighted by Gasteiger charge is -2.09. The van der Waals surface area contributed by atoms with Gasteiger partial charge < -0.3 is 0 Å². The van der Waals surface area contributed by atoms with Crippen LogP contribution in [0, 0.1) is 6.92 Å². The Hall–Kier alpha value is -0.910. The topological polar surface area (TPSA) is 30.7 Å². The molecule has 0 radical (unpaired) electrons. The summed E-state index contributed by atoms with van der Waals surface area (Å²) < 4.78 is 3.98. The van der Waals surface area contributed by atoms with E-state index < -0.39 is 0 Å². The molecule has 0 amide bonds. The van der Waals surface area contributed by atoms with Crippen molar-refractivity contribution < 1.29 is 0 Å². The van der Waals surface area contributed by atoms with E-state index in [1.807, 2.05) is 22.8 Å². The van der Waals surface area contributed by atoms with Crippen molar-refractivity contribution in [1.29, 1.82) is 0 Å². The molecule has 0 bridgehead atoms. The number of pyridine rings is 1. The van der Waals surface area contributed by atoms with Gasteiger partial charge in [-0.25, -0.2) is 9.97 Å². The fraction of sp³-hybridized carbons (Fsp3) is 0.143. The fourth-order valence-corrected chi connectivity index (χ4v) is 2.86. The lowest BCUT2D eigenvalue weighted by Crippen LogP contribution is -2.00. The maximum Gasteiger partial charge on any atom is 0.164 e. The number of nitrogens with zero attached hydrogens (tertiary/aromatic N) is 3. The van der Waals surface area contributed by atoms with Crippen molar-refractivity contribution in [3.8, 4) is 5.69 Å². The molecule has 3 rings (SSSR count). The van der Waals surface area contributed by atoms with E-state index in [2.05, 4.69) is 54.8 Å². The summed E-state index contributed by atoms with van der Waals surface area (Å²) in [6, 6.07) is 8.08. The number of aryl methyl sites for hydroxylation is 1. The standard InChI is InChI=1S/C14H10Br2ClN3/c1-8-4-10(2-3-11(8)16)20-13(6-17)19-12-5-9(15)7-18-14(12)20/h2-5,7H,6H2,1H3. The molecule has 102 valence electrons. The quantitative estimate of drug-likeness (QED) is 0.552. The third kappa shape index (κ3) is 2.38. The highest BCUT2D eigenvalue weighted by Gasteiger charge is 2.13. The molecule has 3 aromatic rings. The summed E-state index contributed by atoms with van der Waals surface area (Å²) in [6.45, 7) is 2.05. The first-order valence-electron chi connectivity index (χ1n) is 5.95. The van der Waals surface area contributed by atoms with Crippen LogP contribution in [-0.2, 0) is 5.88 Å². The highest BCUT2D eigenvalue weighted by molar-refractivity contribution is 9.10. The molecule has 0 fully saturated rings. The van der Waals surface area contributed by atoms with E-state index in [9.17, 15) is 0 Å². The predicted molar refractivity (Wildman–Crippen MR) is 88.6 cm³/mol. The maximum absolute atomic E-state index is 6.03. The van der Waals surface area contributed by atoms with Gasteiger partial charge >= 0.3 is 0 Å². The van der Waals surface area contributed by atoms with Crippen LogP contribution >= 0.6 is 43.5 Å². The molecular weight excluding hydrogens is 405 g/mol. The second-order valence-corrected chi connectivity index (χ2v) is 6.46. The summed E-state index contributed by atoms with van der Waals surface area (Å²) in [7, 11) is 0. The van der Waals surface area contributed by atoms with E-state index in [0.717, 1.165) is 37.2 Å². The van der Waals surface area contributed by atoms with Crippen LogP contribution in [-0.4, -0.2) is 14.5 Å². The third-order valence-corrected chi connectivity index (χ3v) is 4.62. The zero-order valence-corrected chi connectivity index (χ0v) is 14.5. The Kier molecular flexibility index (Phi) is 3.84. The first-order valence-corrected chi connectivity index (χ1v) is 8.07. The van der Waals surface area contributed by atoms with Gasteiger partial charge in [-0.3, -0.25) is 4.57 Å². The minimum absolute atomic E-state index is 0.336. The van der Waals surface area contributed by atoms with Crippen molar-refractivity contribution in [2.24, 2.45) is 0 Å². The molecule has 3 nitrogen and oxygen atoms in total. The monoisotopic (exact) mass is 413 g/mol. The Balaban J connectivity index is 2.30. The first-order chi connectivity index (χ1) is 9.60. The Labute approximate surface area is 138 Å². The van der Waals surface area contributed by atoms with E-state index in [1.54, 1.807) is 6.20 Å². The zero-order chi connectivity index (χ0) is 14.3. The smallest absolute Gasteiger partial charge is 0.164 e. The number of benzene rings is 1. The van der Waals surface area contributed by atoms with Crippen LogP contribution in [0.2, 0.25) is 0 Å². The molecule has 0 saturated carbocycles. The lowest BCUT2D eigenvalue weighted by atomic mass is 10.2. The number of halogens is 3. The van der Waals surface area contributed by atoms with E-state index in [0.29, 0.717) is 5.88 Å². The third-order valence-electron chi connectivity index (χ3n) is 3.05. The number of hydrogen-bond donors (Lipinski definition) is 0. The van der Waals surface area contributed by atoms with Gasteiger partial charge in [0.25, 0.3) is 0 Å². The lowest BCUT2D eigenvalue weighted by molar-refractivity contribution is 0.967. The maximum atomic E-state index is 6.03. The van der Waals surface area contributed by atoms with Gasteiger partial charge in [0.1, 0.15) is 11.3 Å². The van der Waals surface area contributed by atoms with Crippen LogP contribution in [0.3, 0.4) is 0 Å². The Morgan fingerprint density at radius 3 is 2.75 bits per heavy atom. The molecule has 0 unspecified atom stereocenters. The summed E-state index contributed by atoms with van der Waals surface area (Å²) in [5.74, 6) is 1.12. The van der Waals surface area contributed by atoms with E-state index >= 15 is 0 Å². The summed E-state index contributed by atoms with van der Waals surface area (Å²) in [6.07, 6.45) is 1.77. The fourth-order valence-electron chi connectivity index (χ4n) is 2.12. The Morgan fingerprint density at radius 1 is 1.25 bits per heavy atom. The molecule has 6 heteroatoms. The Morgan fingerprint density at radius 2 is 2.05 bits per heavy atom. The summed E-state index contributed by atoms with van der Waals surface area (Å²) >= 11 is 13.0. The molecule has 2 heterocycles. The van der Waals surface area contributed by atoms with Gasteiger partial charge in [0, 0.05) is 20.8 Å². The van der Waals surface area contributed by atoms with Crippen LogP contribution in [0.1, 0.15) is 11.4 Å². The highest BCUT2D eigenvalue weighted by atomic mass is 79.9. The van der Waals surface area contributed by atoms with Crippen LogP contribution < -0.4 is 0 Å². The van der Waals surface area contributed by atoms with Gasteiger partial charge in [0.2, 0.25) is 0 Å². The number of rotatable bonds is 2. The molecule has 20 heavy (non-hydrogen) atoms. The number of imidazole rings is 1. The molecule has 0 aliphatic heterocycles. The van der Waals surface area contributed by atoms with Crippen LogP contribution in [0.4, 0.5) is 0 Å². The van der Waals surface area contributed by atoms with Gasteiger partial charge in [-0.1, -0.05) is 15.9 Å². The van der Waals surface area contributed by atoms with Gasteiger partial charge in [0.15, 0.2) is 5.65 Å². The van der Waals surface area contributed by atoms with E-state index in [4.69, 9.17) is 11.6 Å². The molecule has 0 N–H and O–H groups in total. The second kappa shape index (κ2) is 5.47. The second-order valence-electron chi connectivity index (χ2n) is 4.43. The first kappa shape index (κ1) is 14.0. The Bertz CT molecular complexity index is 798. The highest BCUT2D eigenvalue weighted by Crippen LogP contribution is 2.26. The van der Waals surface area contributed by atoms with Crippen molar-refractivity contribution in [2.45, 2.75) is 12.8 Å². The molecular formula is C14H10Br2ClN3. The van der Waals surface area contributed by atoms with E-state index in [1.165, 1.54) is 0 Å². The van der Waals surface area contributed by atoms with Crippen molar-refractivity contribution in [1.82, 2.24) is 14.5 Å². The molecule has 1 aromatic carbocycles. The van der Waals surface area contributed by atoms with Crippen molar-refractivity contribution >= 4 is 54.6 Å². The van der Waals surface area contributed by atoms with Gasteiger partial charge in [-0.05, 0) is 52.7 Å². The number of aromatic nitrogens is 3. The molecule has 0 aliphatic rings. The summed E-state index contributed by atoms with van der Waals surface area (Å²) in [5.41, 5.74) is 3.81. The van der Waals surface area contributed by atoms with Crippen molar-refractivity contribution in [3.63, 3.8) is 0 Å². The average molecular weight is 416 g/mol. The minimum Gasteiger partial charge on any atom is -0.280 e. The average Bonchev–Trinajstić information content (AvgIpc) is 2.79. The molecule has 2 aromatic heterocycles. The van der Waals surface area contributed by atoms with Crippen molar-refractivity contribution in [2.75, 3.05) is 0 Å². The molecule has 0 spiro atoms. The molecule has 0 aliphatic carbocycles. The molecule has 0 atom stereocenters. The van der Waals surface area contributed by atoms with Gasteiger partial charge in [-0.2, -0.15) is 0 Å². The zero-order valence-electron chi connectivity index (χ0n) is 10.6. The van der Waals surface area contributed by atoms with Crippen molar-refractivity contribution in [3.05, 3.63) is 50.8 Å². The largest absolute Gasteiger partial charge is 0.280 e. The van der Waals surface area contributed by atoms with Crippen LogP contribution in [0.15, 0.2) is 39.4 Å². The normalized spacial score (nSPS) is 11.2. The number of hydrogen-bond acceptors (Lipinski definition) is 2. The van der Waals surface area contributed by atoms with Crippen LogP contribution in [0.5, 0.6) is 0 Å². The molecule has 0 saturated heterocycles. The number of fused-ring (bicyclic) bond motifs is 1. The minimum atomic E-state index is 0.336. The SMILES string of the molecule is Cc1cc(-n2c(CCl)nc3cc(Br)cnc32)ccc1Br. The number of alkyl halides is 1. The van der Waals surface area contributed by atoms with E-state index in [-0.39, 0.29) is 0 Å².